The van der Waals surface area contributed by atoms with Crippen LogP contribution < -0.4 is 5.32 Å². The van der Waals surface area contributed by atoms with E-state index >= 15 is 0 Å². The van der Waals surface area contributed by atoms with E-state index in [1.807, 2.05) is 12.3 Å². The zero-order chi connectivity index (χ0) is 11.8. The van der Waals surface area contributed by atoms with Crippen molar-refractivity contribution in [3.05, 3.63) is 30.1 Å². The van der Waals surface area contributed by atoms with Gasteiger partial charge in [-0.15, -0.1) is 0 Å². The van der Waals surface area contributed by atoms with E-state index < -0.39 is 0 Å². The monoisotopic (exact) mass is 220 g/mol. The lowest BCUT2D eigenvalue weighted by molar-refractivity contribution is 0.449. The maximum Gasteiger partial charge on any atom is 0.0573 e. The summed E-state index contributed by atoms with van der Waals surface area (Å²) in [7, 11) is 0. The highest BCUT2D eigenvalue weighted by Gasteiger charge is 2.10. The molecule has 0 spiro atoms. The minimum absolute atomic E-state index is 0.421. The molecule has 1 aromatic heterocycles. The van der Waals surface area contributed by atoms with Crippen LogP contribution in [0.1, 0.15) is 51.8 Å². The summed E-state index contributed by atoms with van der Waals surface area (Å²) >= 11 is 0. The van der Waals surface area contributed by atoms with Crippen LogP contribution in [0.2, 0.25) is 0 Å². The average molecular weight is 220 g/mol. The lowest BCUT2D eigenvalue weighted by Crippen LogP contribution is -2.21. The Balaban J connectivity index is 2.48. The summed E-state index contributed by atoms with van der Waals surface area (Å²) in [5, 5.41) is 3.51. The van der Waals surface area contributed by atoms with E-state index in [0.717, 1.165) is 12.5 Å². The van der Waals surface area contributed by atoms with Crippen molar-refractivity contribution >= 4 is 0 Å². The van der Waals surface area contributed by atoms with Crippen molar-refractivity contribution in [2.24, 2.45) is 5.92 Å². The van der Waals surface area contributed by atoms with Crippen LogP contribution in [0.15, 0.2) is 24.4 Å². The number of nitrogens with zero attached hydrogens (tertiary/aromatic N) is 1. The molecule has 0 aliphatic rings. The maximum atomic E-state index is 4.43. The van der Waals surface area contributed by atoms with Crippen LogP contribution in [0.5, 0.6) is 0 Å². The summed E-state index contributed by atoms with van der Waals surface area (Å²) in [6.07, 6.45) is 5.63. The first-order valence-electron chi connectivity index (χ1n) is 6.38. The smallest absolute Gasteiger partial charge is 0.0573 e. The highest BCUT2D eigenvalue weighted by molar-refractivity contribution is 5.08. The molecule has 0 radical (unpaired) electrons. The molecule has 0 aliphatic carbocycles. The second kappa shape index (κ2) is 7.39. The summed E-state index contributed by atoms with van der Waals surface area (Å²) in [6, 6.07) is 6.57. The van der Waals surface area contributed by atoms with Crippen molar-refractivity contribution in [1.82, 2.24) is 10.3 Å². The molecule has 2 heteroatoms. The molecule has 2 nitrogen and oxygen atoms in total. The largest absolute Gasteiger partial charge is 0.309 e. The minimum Gasteiger partial charge on any atom is -0.309 e. The van der Waals surface area contributed by atoms with Gasteiger partial charge in [-0.25, -0.2) is 0 Å². The first-order chi connectivity index (χ1) is 7.74. The van der Waals surface area contributed by atoms with E-state index in [4.69, 9.17) is 0 Å². The van der Waals surface area contributed by atoms with Crippen molar-refractivity contribution in [2.75, 3.05) is 6.54 Å². The molecule has 0 saturated heterocycles. The Kier molecular flexibility index (Phi) is 6.09. The van der Waals surface area contributed by atoms with Crippen LogP contribution in [-0.4, -0.2) is 11.5 Å². The molecule has 0 fully saturated rings. The Morgan fingerprint density at radius 3 is 2.62 bits per heavy atom. The predicted molar refractivity (Wildman–Crippen MR) is 69.3 cm³/mol. The van der Waals surface area contributed by atoms with Crippen LogP contribution in [0.25, 0.3) is 0 Å². The summed E-state index contributed by atoms with van der Waals surface area (Å²) in [5.74, 6) is 0.797. The van der Waals surface area contributed by atoms with E-state index in [2.05, 4.69) is 43.2 Å². The molecule has 1 aromatic rings. The molecule has 1 N–H and O–H groups in total. The Morgan fingerprint density at radius 1 is 1.25 bits per heavy atom. The summed E-state index contributed by atoms with van der Waals surface area (Å²) in [6.45, 7) is 7.72. The number of aromatic nitrogens is 1. The van der Waals surface area contributed by atoms with E-state index in [-0.39, 0.29) is 0 Å². The van der Waals surface area contributed by atoms with Crippen molar-refractivity contribution in [3.8, 4) is 0 Å². The van der Waals surface area contributed by atoms with Gasteiger partial charge in [0.05, 0.1) is 5.69 Å². The minimum atomic E-state index is 0.421. The third kappa shape index (κ3) is 4.75. The number of hydrogen-bond acceptors (Lipinski definition) is 2. The first-order valence-corrected chi connectivity index (χ1v) is 6.38. The van der Waals surface area contributed by atoms with Crippen LogP contribution in [-0.2, 0) is 0 Å². The van der Waals surface area contributed by atoms with Gasteiger partial charge < -0.3 is 5.32 Å². The van der Waals surface area contributed by atoms with Gasteiger partial charge in [0.1, 0.15) is 0 Å². The Morgan fingerprint density at radius 2 is 2.06 bits per heavy atom. The third-order valence-corrected chi connectivity index (χ3v) is 2.77. The lowest BCUT2D eigenvalue weighted by atomic mass is 10.0. The molecule has 1 atom stereocenters. The molecule has 90 valence electrons. The number of rotatable bonds is 7. The second-order valence-electron chi connectivity index (χ2n) is 4.69. The second-order valence-corrected chi connectivity index (χ2v) is 4.69. The van der Waals surface area contributed by atoms with Crippen LogP contribution in [0, 0.1) is 5.92 Å². The van der Waals surface area contributed by atoms with Gasteiger partial charge in [0, 0.05) is 12.2 Å². The topological polar surface area (TPSA) is 24.9 Å². The summed E-state index contributed by atoms with van der Waals surface area (Å²) in [4.78, 5) is 4.43. The first kappa shape index (κ1) is 13.2. The van der Waals surface area contributed by atoms with Gasteiger partial charge in [-0.05, 0) is 31.0 Å². The number of hydrogen-bond donors (Lipinski definition) is 1. The summed E-state index contributed by atoms with van der Waals surface area (Å²) in [5.41, 5.74) is 1.17. The molecule has 16 heavy (non-hydrogen) atoms. The molecule has 1 rings (SSSR count). The van der Waals surface area contributed by atoms with Crippen LogP contribution in [0.4, 0.5) is 0 Å². The van der Waals surface area contributed by atoms with Crippen molar-refractivity contribution < 1.29 is 0 Å². The summed E-state index contributed by atoms with van der Waals surface area (Å²) < 4.78 is 0. The lowest BCUT2D eigenvalue weighted by Gasteiger charge is -2.17. The van der Waals surface area contributed by atoms with E-state index in [1.54, 1.807) is 0 Å². The van der Waals surface area contributed by atoms with E-state index in [0.29, 0.717) is 6.04 Å². The Hall–Kier alpha value is -0.890. The number of pyridine rings is 1. The van der Waals surface area contributed by atoms with Gasteiger partial charge in [0.25, 0.3) is 0 Å². The van der Waals surface area contributed by atoms with Crippen molar-refractivity contribution in [1.29, 1.82) is 0 Å². The van der Waals surface area contributed by atoms with E-state index in [9.17, 15) is 0 Å². The molecular formula is C14H24N2. The fourth-order valence-corrected chi connectivity index (χ4v) is 1.91. The molecule has 0 saturated carbocycles. The highest BCUT2D eigenvalue weighted by atomic mass is 14.9. The molecule has 1 unspecified atom stereocenters. The number of nitrogens with one attached hydrogen (secondary N) is 1. The zero-order valence-corrected chi connectivity index (χ0v) is 10.7. The Bertz CT molecular complexity index is 269. The van der Waals surface area contributed by atoms with Crippen molar-refractivity contribution in [2.45, 2.75) is 46.1 Å². The molecule has 1 heterocycles. The van der Waals surface area contributed by atoms with Gasteiger partial charge in [-0.1, -0.05) is 39.7 Å². The van der Waals surface area contributed by atoms with Gasteiger partial charge in [0.2, 0.25) is 0 Å². The molecule has 0 aromatic carbocycles. The van der Waals surface area contributed by atoms with Gasteiger partial charge in [-0.2, -0.15) is 0 Å². The van der Waals surface area contributed by atoms with Gasteiger partial charge in [-0.3, -0.25) is 4.98 Å². The van der Waals surface area contributed by atoms with Crippen LogP contribution in [0.3, 0.4) is 0 Å². The molecule has 0 bridgehead atoms. The highest BCUT2D eigenvalue weighted by Crippen LogP contribution is 2.18. The molecular weight excluding hydrogens is 196 g/mol. The van der Waals surface area contributed by atoms with Gasteiger partial charge >= 0.3 is 0 Å². The predicted octanol–water partition coefficient (Wildman–Crippen LogP) is 3.56. The zero-order valence-electron chi connectivity index (χ0n) is 10.7. The average Bonchev–Trinajstić information content (AvgIpc) is 2.29. The van der Waals surface area contributed by atoms with Crippen molar-refractivity contribution in [3.63, 3.8) is 0 Å². The molecule has 0 aliphatic heterocycles. The SMILES string of the molecule is CCNC(CCCC(C)C)c1ccccn1. The normalized spacial score (nSPS) is 13.0. The third-order valence-electron chi connectivity index (χ3n) is 2.77. The standard InChI is InChI=1S/C14H24N2/c1-4-15-13(10-7-8-12(2)3)14-9-5-6-11-16-14/h5-6,9,11-13,15H,4,7-8,10H2,1-3H3. The fraction of sp³-hybridized carbons (Fsp3) is 0.643. The van der Waals surface area contributed by atoms with Gasteiger partial charge in [0.15, 0.2) is 0 Å². The quantitative estimate of drug-likeness (QED) is 0.760. The maximum absolute atomic E-state index is 4.43. The Labute approximate surface area is 99.5 Å². The van der Waals surface area contributed by atoms with Crippen LogP contribution >= 0.6 is 0 Å². The molecule has 0 amide bonds. The van der Waals surface area contributed by atoms with E-state index in [1.165, 1.54) is 25.0 Å². The fourth-order valence-electron chi connectivity index (χ4n) is 1.91.